The lowest BCUT2D eigenvalue weighted by Gasteiger charge is -2.29. The minimum atomic E-state index is -3.31. The van der Waals surface area contributed by atoms with Gasteiger partial charge in [-0.1, -0.05) is 42.5 Å². The number of nitrogens with one attached hydrogen (secondary N) is 1. The van der Waals surface area contributed by atoms with Gasteiger partial charge < -0.3 is 15.5 Å². The molecule has 4 heterocycles. The second-order valence-corrected chi connectivity index (χ2v) is 15.3. The Kier molecular flexibility index (Phi) is 8.87. The van der Waals surface area contributed by atoms with Gasteiger partial charge in [0.2, 0.25) is 11.8 Å². The summed E-state index contributed by atoms with van der Waals surface area (Å²) in [6.45, 7) is 3.38. The maximum atomic E-state index is 14.0. The van der Waals surface area contributed by atoms with Crippen LogP contribution in [0, 0.1) is 5.41 Å². The van der Waals surface area contributed by atoms with Crippen LogP contribution >= 0.6 is 0 Å². The van der Waals surface area contributed by atoms with Crippen LogP contribution in [0.4, 0.5) is 5.69 Å². The Morgan fingerprint density at radius 3 is 2.46 bits per heavy atom. The molecule has 258 valence electrons. The van der Waals surface area contributed by atoms with E-state index >= 15 is 0 Å². The Balaban J connectivity index is 0.975. The number of nitrogens with two attached hydrogens (primary N) is 1. The topological polar surface area (TPSA) is 157 Å². The van der Waals surface area contributed by atoms with Gasteiger partial charge in [0.25, 0.3) is 0 Å². The van der Waals surface area contributed by atoms with Gasteiger partial charge in [0, 0.05) is 61.7 Å². The van der Waals surface area contributed by atoms with Gasteiger partial charge in [0.05, 0.1) is 28.1 Å². The number of aromatic amines is 1. The van der Waals surface area contributed by atoms with E-state index in [0.717, 1.165) is 52.5 Å². The summed E-state index contributed by atoms with van der Waals surface area (Å²) in [4.78, 5) is 41.4. The first kappa shape index (κ1) is 33.4. The second kappa shape index (κ2) is 13.3. The predicted octanol–water partition coefficient (Wildman–Crippen LogP) is 3.74. The summed E-state index contributed by atoms with van der Waals surface area (Å²) >= 11 is 0. The number of hydrogen-bond acceptors (Lipinski definition) is 7. The van der Waals surface area contributed by atoms with E-state index in [2.05, 4.69) is 31.2 Å². The van der Waals surface area contributed by atoms with Crippen molar-refractivity contribution in [1.82, 2.24) is 20.0 Å². The Hall–Kier alpha value is -5.14. The average molecular weight is 693 g/mol. The number of aliphatic imine (C=N–C) groups is 2. The molecule has 1 atom stereocenters. The highest BCUT2D eigenvalue weighted by Gasteiger charge is 2.51. The van der Waals surface area contributed by atoms with Gasteiger partial charge in [-0.2, -0.15) is 5.10 Å². The maximum Gasteiger partial charge on any atom is 0.237 e. The van der Waals surface area contributed by atoms with E-state index in [9.17, 15) is 18.0 Å². The molecule has 3 N–H and O–H groups in total. The van der Waals surface area contributed by atoms with Gasteiger partial charge in [0.1, 0.15) is 12.2 Å². The van der Waals surface area contributed by atoms with Gasteiger partial charge in [-0.3, -0.25) is 24.6 Å². The number of carbonyl (C=O) groups is 2. The molecule has 3 aliphatic heterocycles. The van der Waals surface area contributed by atoms with E-state index in [1.54, 1.807) is 31.3 Å². The maximum absolute atomic E-state index is 14.0. The molecule has 3 aromatic carbocycles. The number of amides is 2. The number of amidine groups is 1. The third-order valence-corrected chi connectivity index (χ3v) is 11.3. The Morgan fingerprint density at radius 2 is 1.76 bits per heavy atom. The summed E-state index contributed by atoms with van der Waals surface area (Å²) in [6.07, 6.45) is 6.95. The van der Waals surface area contributed by atoms with Gasteiger partial charge in [-0.15, -0.1) is 0 Å². The monoisotopic (exact) mass is 692 g/mol. The molecule has 12 nitrogen and oxygen atoms in total. The summed E-state index contributed by atoms with van der Waals surface area (Å²) in [5, 5.41) is 8.40. The average Bonchev–Trinajstić information content (AvgIpc) is 3.83. The van der Waals surface area contributed by atoms with Crippen LogP contribution < -0.4 is 10.6 Å². The summed E-state index contributed by atoms with van der Waals surface area (Å²) in [5.74, 6) is 0.589. The Labute approximate surface area is 291 Å². The predicted molar refractivity (Wildman–Crippen MR) is 196 cm³/mol. The van der Waals surface area contributed by atoms with E-state index in [1.807, 2.05) is 52.3 Å². The number of likely N-dealkylation sites (tertiary alicyclic amines) is 1. The fourth-order valence-corrected chi connectivity index (χ4v) is 7.92. The molecule has 0 radical (unpaired) electrons. The molecule has 2 fully saturated rings. The molecule has 0 bridgehead atoms. The highest BCUT2D eigenvalue weighted by atomic mass is 32.2. The smallest absolute Gasteiger partial charge is 0.237 e. The van der Waals surface area contributed by atoms with Crippen molar-refractivity contribution >= 4 is 56.0 Å². The minimum Gasteiger partial charge on any atom is -0.383 e. The number of carbonyl (C=O) groups excluding carboxylic acids is 2. The summed E-state index contributed by atoms with van der Waals surface area (Å²) < 4.78 is 23.8. The van der Waals surface area contributed by atoms with Crippen LogP contribution in [0.2, 0.25) is 0 Å². The first-order valence-electron chi connectivity index (χ1n) is 16.7. The number of sulfone groups is 1. The van der Waals surface area contributed by atoms with Crippen molar-refractivity contribution in [3.8, 4) is 11.3 Å². The molecule has 1 aromatic heterocycles. The van der Waals surface area contributed by atoms with Crippen molar-refractivity contribution in [1.29, 1.82) is 0 Å². The number of aromatic nitrogens is 2. The van der Waals surface area contributed by atoms with Crippen LogP contribution in [0.3, 0.4) is 0 Å². The lowest BCUT2D eigenvalue weighted by molar-refractivity contribution is -0.132. The van der Waals surface area contributed by atoms with E-state index < -0.39 is 15.3 Å². The normalized spacial score (nSPS) is 20.5. The SMILES string of the molecule is CN=CN=C(N)c1ccc(C2=CCN(C(=O)CN3CC[C@]4(CCN(c5ccc6[nH]nc(-c7ccc(S(C)(=O)=O)cc7)c6c5)C4=O)C3)CC2)cc1. The van der Waals surface area contributed by atoms with Crippen molar-refractivity contribution in [2.45, 2.75) is 24.2 Å². The van der Waals surface area contributed by atoms with Crippen LogP contribution in [-0.4, -0.2) is 105 Å². The largest absolute Gasteiger partial charge is 0.383 e. The molecular weight excluding hydrogens is 653 g/mol. The summed E-state index contributed by atoms with van der Waals surface area (Å²) in [5.41, 5.74) is 11.8. The van der Waals surface area contributed by atoms with Crippen molar-refractivity contribution < 1.29 is 18.0 Å². The molecule has 3 aliphatic rings. The minimum absolute atomic E-state index is 0.0825. The molecule has 2 amide bonds. The van der Waals surface area contributed by atoms with Crippen LogP contribution in [0.15, 0.2) is 87.7 Å². The molecule has 7 rings (SSSR count). The molecule has 0 unspecified atom stereocenters. The molecule has 2 saturated heterocycles. The quantitative estimate of drug-likeness (QED) is 0.210. The van der Waals surface area contributed by atoms with Crippen molar-refractivity contribution in [2.24, 2.45) is 21.1 Å². The number of H-pyrrole nitrogens is 1. The zero-order valence-electron chi connectivity index (χ0n) is 28.2. The van der Waals surface area contributed by atoms with Gasteiger partial charge >= 0.3 is 0 Å². The van der Waals surface area contributed by atoms with Gasteiger partial charge in [-0.25, -0.2) is 13.4 Å². The molecule has 0 aliphatic carbocycles. The first-order chi connectivity index (χ1) is 24.0. The lowest BCUT2D eigenvalue weighted by Crippen LogP contribution is -2.43. The van der Waals surface area contributed by atoms with Crippen LogP contribution in [-0.2, 0) is 19.4 Å². The second-order valence-electron chi connectivity index (χ2n) is 13.3. The molecular formula is C37H40N8O4S. The van der Waals surface area contributed by atoms with E-state index in [1.165, 1.54) is 18.2 Å². The van der Waals surface area contributed by atoms with E-state index in [0.29, 0.717) is 50.8 Å². The molecule has 0 saturated carbocycles. The van der Waals surface area contributed by atoms with Crippen molar-refractivity contribution in [3.05, 3.63) is 83.9 Å². The van der Waals surface area contributed by atoms with Gasteiger partial charge in [-0.05, 0) is 67.3 Å². The summed E-state index contributed by atoms with van der Waals surface area (Å²) in [7, 11) is -1.66. The number of hydrogen-bond donors (Lipinski definition) is 2. The Morgan fingerprint density at radius 1 is 1.02 bits per heavy atom. The van der Waals surface area contributed by atoms with Gasteiger partial charge in [0.15, 0.2) is 9.84 Å². The zero-order chi connectivity index (χ0) is 35.0. The number of rotatable bonds is 8. The van der Waals surface area contributed by atoms with Crippen molar-refractivity contribution in [3.63, 3.8) is 0 Å². The molecule has 4 aromatic rings. The third-order valence-electron chi connectivity index (χ3n) is 10.1. The fraction of sp³-hybridized carbons (Fsp3) is 0.324. The molecule has 1 spiro atoms. The summed E-state index contributed by atoms with van der Waals surface area (Å²) in [6, 6.07) is 20.4. The van der Waals surface area contributed by atoms with Crippen LogP contribution in [0.25, 0.3) is 27.7 Å². The highest BCUT2D eigenvalue weighted by Crippen LogP contribution is 2.43. The standard InChI is InChI=1S/C37H40N8O4S/c1-39-24-40-35(38)28-5-3-25(4-6-28)26-13-17-44(18-14-26)33(46)22-43-19-15-37(23-43)16-20-45(36(37)47)29-9-12-32-31(21-29)34(42-41-32)27-7-10-30(11-8-27)50(2,48)49/h3-13,21,24H,14-20,22-23H2,1-2H3,(H,41,42)(H2,38,39,40)/t37-/m0/s1. The first-order valence-corrected chi connectivity index (χ1v) is 18.6. The number of fused-ring (bicyclic) bond motifs is 1. The fourth-order valence-electron chi connectivity index (χ4n) is 7.29. The van der Waals surface area contributed by atoms with E-state index in [-0.39, 0.29) is 16.7 Å². The molecule has 50 heavy (non-hydrogen) atoms. The zero-order valence-corrected chi connectivity index (χ0v) is 29.0. The lowest BCUT2D eigenvalue weighted by atomic mass is 9.85. The van der Waals surface area contributed by atoms with Crippen LogP contribution in [0.5, 0.6) is 0 Å². The van der Waals surface area contributed by atoms with Crippen molar-refractivity contribution in [2.75, 3.05) is 57.5 Å². The van der Waals surface area contributed by atoms with E-state index in [4.69, 9.17) is 5.73 Å². The number of nitrogens with zero attached hydrogens (tertiary/aromatic N) is 6. The van der Waals surface area contributed by atoms with Crippen LogP contribution in [0.1, 0.15) is 30.4 Å². The Bertz CT molecular complexity index is 2160. The number of anilines is 1. The molecule has 13 heteroatoms. The third kappa shape index (κ3) is 6.46. The highest BCUT2D eigenvalue weighted by molar-refractivity contribution is 7.90. The number of benzene rings is 3.